The van der Waals surface area contributed by atoms with Crippen molar-refractivity contribution in [1.82, 2.24) is 0 Å². The minimum Gasteiger partial charge on any atom is -0.497 e. The third-order valence-electron chi connectivity index (χ3n) is 4.72. The van der Waals surface area contributed by atoms with E-state index in [2.05, 4.69) is 13.8 Å². The molecule has 0 heterocycles. The van der Waals surface area contributed by atoms with Gasteiger partial charge in [-0.15, -0.1) is 0 Å². The fourth-order valence-electron chi connectivity index (χ4n) is 3.17. The van der Waals surface area contributed by atoms with Crippen LogP contribution in [0.25, 0.3) is 11.1 Å². The molecule has 3 rings (SSSR count). The van der Waals surface area contributed by atoms with Crippen LogP contribution in [0.1, 0.15) is 32.3 Å². The van der Waals surface area contributed by atoms with Crippen LogP contribution in [0.4, 0.5) is 11.4 Å². The van der Waals surface area contributed by atoms with Gasteiger partial charge in [-0.25, -0.2) is 0 Å². The first-order chi connectivity index (χ1) is 12.5. The Balaban J connectivity index is 2.03. The minimum atomic E-state index is -0.425. The molecule has 0 aliphatic heterocycles. The Morgan fingerprint density at radius 1 is 0.923 bits per heavy atom. The average Bonchev–Trinajstić information content (AvgIpc) is 2.68. The number of rotatable bonds is 6. The molecule has 0 aromatic heterocycles. The Morgan fingerprint density at radius 2 is 1.54 bits per heavy atom. The Bertz CT molecular complexity index is 962. The Morgan fingerprint density at radius 3 is 2.04 bits per heavy atom. The largest absolute Gasteiger partial charge is 0.497 e. The van der Waals surface area contributed by atoms with E-state index >= 15 is 0 Å². The highest BCUT2D eigenvalue weighted by Crippen LogP contribution is 2.33. The van der Waals surface area contributed by atoms with E-state index in [1.807, 2.05) is 60.4 Å². The molecular weight excluding hydrogens is 326 g/mol. The van der Waals surface area contributed by atoms with Gasteiger partial charge in [0.2, 0.25) is 5.43 Å². The Hall–Kier alpha value is -2.88. The first kappa shape index (κ1) is 17.9. The van der Waals surface area contributed by atoms with Crippen molar-refractivity contribution in [3.05, 3.63) is 74.5 Å². The van der Waals surface area contributed by atoms with Crippen LogP contribution in [0.3, 0.4) is 0 Å². The third-order valence-corrected chi connectivity index (χ3v) is 4.72. The van der Waals surface area contributed by atoms with Crippen LogP contribution in [0.2, 0.25) is 0 Å². The summed E-state index contributed by atoms with van der Waals surface area (Å²) in [7, 11) is 1.61. The van der Waals surface area contributed by atoms with Crippen LogP contribution in [0.5, 0.6) is 5.75 Å². The third kappa shape index (κ3) is 3.03. The quantitative estimate of drug-likeness (QED) is 0.625. The lowest BCUT2D eigenvalue weighted by Gasteiger charge is -2.26. The molecule has 0 bridgehead atoms. The average molecular weight is 349 g/mol. The van der Waals surface area contributed by atoms with E-state index in [-0.39, 0.29) is 0 Å². The molecule has 0 spiro atoms. The van der Waals surface area contributed by atoms with Crippen molar-refractivity contribution in [1.29, 1.82) is 0 Å². The van der Waals surface area contributed by atoms with Gasteiger partial charge in [-0.1, -0.05) is 38.1 Å². The van der Waals surface area contributed by atoms with Gasteiger partial charge in [-0.3, -0.25) is 9.59 Å². The van der Waals surface area contributed by atoms with Crippen LogP contribution in [0, 0.1) is 0 Å². The van der Waals surface area contributed by atoms with Gasteiger partial charge in [0.25, 0.3) is 5.43 Å². The van der Waals surface area contributed by atoms with E-state index in [0.29, 0.717) is 23.7 Å². The molecule has 0 saturated heterocycles. The number of hydrogen-bond acceptors (Lipinski definition) is 4. The number of hydrogen-bond donors (Lipinski definition) is 0. The van der Waals surface area contributed by atoms with Crippen molar-refractivity contribution >= 4 is 11.4 Å². The summed E-state index contributed by atoms with van der Waals surface area (Å²) in [5.41, 5.74) is 3.00. The topological polar surface area (TPSA) is 46.6 Å². The van der Waals surface area contributed by atoms with Crippen molar-refractivity contribution in [2.75, 3.05) is 18.6 Å². The monoisotopic (exact) mass is 349 g/mol. The second kappa shape index (κ2) is 7.16. The molecule has 0 aliphatic rings. The maximum absolute atomic E-state index is 12.3. The van der Waals surface area contributed by atoms with Gasteiger partial charge >= 0.3 is 0 Å². The lowest BCUT2D eigenvalue weighted by Crippen LogP contribution is -2.40. The second-order valence-electron chi connectivity index (χ2n) is 6.60. The molecule has 3 aromatic rings. The van der Waals surface area contributed by atoms with Crippen molar-refractivity contribution in [3.8, 4) is 16.9 Å². The predicted molar refractivity (Wildman–Crippen MR) is 107 cm³/mol. The molecule has 0 unspecified atom stereocenters. The Kier molecular flexibility index (Phi) is 4.94. The maximum Gasteiger partial charge on any atom is 0.250 e. The van der Waals surface area contributed by atoms with Gasteiger partial charge in [-0.05, 0) is 48.2 Å². The van der Waals surface area contributed by atoms with Gasteiger partial charge in [0, 0.05) is 12.2 Å². The molecule has 4 nitrogen and oxygen atoms in total. The van der Waals surface area contributed by atoms with Crippen molar-refractivity contribution in [3.63, 3.8) is 0 Å². The van der Waals surface area contributed by atoms with Crippen molar-refractivity contribution < 1.29 is 4.74 Å². The first-order valence-corrected chi connectivity index (χ1v) is 8.83. The number of anilines is 2. The molecule has 0 aliphatic carbocycles. The summed E-state index contributed by atoms with van der Waals surface area (Å²) >= 11 is 0. The van der Waals surface area contributed by atoms with Gasteiger partial charge in [0.1, 0.15) is 11.4 Å². The molecular formula is C22H23NO3. The van der Waals surface area contributed by atoms with Crippen molar-refractivity contribution in [2.24, 2.45) is 0 Å². The SMILES string of the molecule is CCN(c1ccc(OC)cc1)c1c(-c2ccc(C(C)C)cc2)c(=O)c1=O. The predicted octanol–water partition coefficient (Wildman–Crippen LogP) is 4.24. The molecule has 0 N–H and O–H groups in total. The van der Waals surface area contributed by atoms with E-state index in [4.69, 9.17) is 4.74 Å². The zero-order valence-corrected chi connectivity index (χ0v) is 15.6. The zero-order chi connectivity index (χ0) is 18.8. The maximum atomic E-state index is 12.3. The lowest BCUT2D eigenvalue weighted by molar-refractivity contribution is 0.415. The summed E-state index contributed by atoms with van der Waals surface area (Å²) < 4.78 is 5.19. The lowest BCUT2D eigenvalue weighted by atomic mass is 9.94. The highest BCUT2D eigenvalue weighted by atomic mass is 16.5. The fraction of sp³-hybridized carbons (Fsp3) is 0.273. The number of benzene rings is 2. The normalized spacial score (nSPS) is 11.1. The number of methoxy groups -OCH3 is 1. The van der Waals surface area contributed by atoms with E-state index < -0.39 is 10.9 Å². The van der Waals surface area contributed by atoms with Gasteiger partial charge in [0.05, 0.1) is 12.7 Å². The highest BCUT2D eigenvalue weighted by molar-refractivity contribution is 5.86. The van der Waals surface area contributed by atoms with Crippen LogP contribution >= 0.6 is 0 Å². The molecule has 134 valence electrons. The van der Waals surface area contributed by atoms with E-state index in [1.165, 1.54) is 5.56 Å². The van der Waals surface area contributed by atoms with Gasteiger partial charge in [-0.2, -0.15) is 0 Å². The van der Waals surface area contributed by atoms with Crippen LogP contribution in [0.15, 0.2) is 58.1 Å². The van der Waals surface area contributed by atoms with E-state index in [1.54, 1.807) is 7.11 Å². The van der Waals surface area contributed by atoms with Gasteiger partial charge in [0.15, 0.2) is 0 Å². The van der Waals surface area contributed by atoms with Crippen molar-refractivity contribution in [2.45, 2.75) is 26.7 Å². The molecule has 4 heteroatoms. The number of ether oxygens (including phenoxy) is 1. The highest BCUT2D eigenvalue weighted by Gasteiger charge is 2.27. The molecule has 0 fully saturated rings. The van der Waals surface area contributed by atoms with Crippen LogP contribution < -0.4 is 20.5 Å². The molecule has 26 heavy (non-hydrogen) atoms. The summed E-state index contributed by atoms with van der Waals surface area (Å²) in [5.74, 6) is 1.17. The van der Waals surface area contributed by atoms with Gasteiger partial charge < -0.3 is 9.64 Å². The molecule has 3 aromatic carbocycles. The fourth-order valence-corrected chi connectivity index (χ4v) is 3.17. The molecule has 0 amide bonds. The summed E-state index contributed by atoms with van der Waals surface area (Å²) in [6.07, 6.45) is 0. The van der Waals surface area contributed by atoms with Crippen LogP contribution in [-0.4, -0.2) is 13.7 Å². The summed E-state index contributed by atoms with van der Waals surface area (Å²) in [4.78, 5) is 26.5. The summed E-state index contributed by atoms with van der Waals surface area (Å²) in [6.45, 7) is 6.81. The smallest absolute Gasteiger partial charge is 0.250 e. The summed E-state index contributed by atoms with van der Waals surface area (Å²) in [5, 5.41) is 0. The first-order valence-electron chi connectivity index (χ1n) is 8.83. The van der Waals surface area contributed by atoms with E-state index in [0.717, 1.165) is 17.0 Å². The van der Waals surface area contributed by atoms with Crippen LogP contribution in [-0.2, 0) is 0 Å². The molecule has 0 saturated carbocycles. The number of nitrogens with zero attached hydrogens (tertiary/aromatic N) is 1. The molecule has 0 atom stereocenters. The standard InChI is InChI=1S/C22H23NO3/c1-5-23(17-10-12-18(26-4)13-11-17)20-19(21(24)22(20)25)16-8-6-15(7-9-16)14(2)3/h6-14H,5H2,1-4H3. The zero-order valence-electron chi connectivity index (χ0n) is 15.6. The minimum absolute atomic E-state index is 0.413. The molecule has 0 radical (unpaired) electrons. The van der Waals surface area contributed by atoms with E-state index in [9.17, 15) is 9.59 Å². The summed E-state index contributed by atoms with van der Waals surface area (Å²) in [6, 6.07) is 15.4. The Labute approximate surface area is 153 Å². The second-order valence-corrected chi connectivity index (χ2v) is 6.60.